The molecule has 0 bridgehead atoms. The zero-order chi connectivity index (χ0) is 25.6. The Kier molecular flexibility index (Phi) is 10.4. The predicted octanol–water partition coefficient (Wildman–Crippen LogP) is 5.54. The average Bonchev–Trinajstić information content (AvgIpc) is 2.98. The van der Waals surface area contributed by atoms with Crippen LogP contribution in [0.5, 0.6) is 0 Å². The molecule has 0 aliphatic carbocycles. The topological polar surface area (TPSA) is 48.4 Å². The molecule has 0 saturated heterocycles. The van der Waals surface area contributed by atoms with E-state index in [1.54, 1.807) is 18.3 Å². The van der Waals surface area contributed by atoms with Crippen LogP contribution in [0.15, 0.2) is 116 Å². The van der Waals surface area contributed by atoms with Crippen molar-refractivity contribution < 1.29 is 14.3 Å². The van der Waals surface area contributed by atoms with Crippen LogP contribution in [-0.4, -0.2) is 36.9 Å². The normalized spacial score (nSPS) is 11.7. The maximum absolute atomic E-state index is 11.9. The Hall–Kier alpha value is -3.33. The number of nitrogens with zero attached hydrogens (tertiary/aromatic N) is 1. The second kappa shape index (κ2) is 14.4. The molecular formula is C32H36NO3P. The van der Waals surface area contributed by atoms with Crippen molar-refractivity contribution in [3.8, 4) is 0 Å². The first-order valence-electron chi connectivity index (χ1n) is 13.1. The molecule has 1 heterocycles. The average molecular weight is 514 g/mol. The minimum absolute atomic E-state index is 0.257. The third-order valence-electron chi connectivity index (χ3n) is 6.75. The molecule has 4 nitrogen and oxygen atoms in total. The van der Waals surface area contributed by atoms with Gasteiger partial charge in [-0.3, -0.25) is 4.98 Å². The van der Waals surface area contributed by atoms with Crippen molar-refractivity contribution in [3.63, 3.8) is 0 Å². The first-order chi connectivity index (χ1) is 18.3. The molecule has 0 unspecified atom stereocenters. The number of benzene rings is 3. The van der Waals surface area contributed by atoms with E-state index in [0.29, 0.717) is 18.8 Å². The number of rotatable bonds is 14. The van der Waals surface area contributed by atoms with Crippen molar-refractivity contribution in [2.24, 2.45) is 0 Å². The van der Waals surface area contributed by atoms with Gasteiger partial charge in [-0.15, -0.1) is 0 Å². The molecule has 3 aromatic carbocycles. The zero-order valence-corrected chi connectivity index (χ0v) is 22.3. The molecule has 192 valence electrons. The zero-order valence-electron chi connectivity index (χ0n) is 21.3. The van der Waals surface area contributed by atoms with Crippen LogP contribution < -0.4 is 15.9 Å². The molecule has 1 aromatic heterocycles. The van der Waals surface area contributed by atoms with Gasteiger partial charge in [0.1, 0.15) is 0 Å². The van der Waals surface area contributed by atoms with Gasteiger partial charge >= 0.3 is 192 Å². The summed E-state index contributed by atoms with van der Waals surface area (Å²) < 4.78 is 10.9. The van der Waals surface area contributed by atoms with E-state index in [0.717, 1.165) is 12.8 Å². The molecule has 5 heteroatoms. The number of unbranched alkanes of at least 4 members (excludes halogenated alkanes) is 3. The molecule has 0 N–H and O–H groups in total. The molecule has 0 fully saturated rings. The van der Waals surface area contributed by atoms with E-state index < -0.39 is 7.26 Å². The summed E-state index contributed by atoms with van der Waals surface area (Å²) in [6.07, 6.45) is 8.79. The van der Waals surface area contributed by atoms with E-state index in [4.69, 9.17) is 9.47 Å². The predicted molar refractivity (Wildman–Crippen MR) is 155 cm³/mol. The Bertz CT molecular complexity index is 1090. The molecule has 0 spiro atoms. The molecule has 37 heavy (non-hydrogen) atoms. The van der Waals surface area contributed by atoms with Crippen LogP contribution in [0.1, 0.15) is 36.0 Å². The van der Waals surface area contributed by atoms with Gasteiger partial charge in [-0.25, -0.2) is 0 Å². The number of carbonyl (C=O) groups excluding carboxylic acids is 1. The van der Waals surface area contributed by atoms with Crippen molar-refractivity contribution in [2.45, 2.75) is 25.7 Å². The van der Waals surface area contributed by atoms with E-state index in [1.165, 1.54) is 41.1 Å². The Balaban J connectivity index is 1.27. The summed E-state index contributed by atoms with van der Waals surface area (Å²) in [5, 5.41) is 4.41. The molecule has 0 saturated carbocycles. The van der Waals surface area contributed by atoms with Crippen molar-refractivity contribution in [1.29, 1.82) is 0 Å². The molecule has 4 rings (SSSR count). The van der Waals surface area contributed by atoms with Crippen molar-refractivity contribution in [1.82, 2.24) is 4.98 Å². The summed E-state index contributed by atoms with van der Waals surface area (Å²) in [6, 6.07) is 36.7. The number of aromatic nitrogens is 1. The van der Waals surface area contributed by atoms with E-state index in [2.05, 4.69) is 96.0 Å². The summed E-state index contributed by atoms with van der Waals surface area (Å²) in [5.74, 6) is -0.361. The molecule has 0 atom stereocenters. The van der Waals surface area contributed by atoms with Crippen LogP contribution >= 0.6 is 7.26 Å². The minimum atomic E-state index is -2.13. The van der Waals surface area contributed by atoms with Crippen LogP contribution in [0.25, 0.3) is 0 Å². The first-order valence-corrected chi connectivity index (χ1v) is 15.3. The van der Waals surface area contributed by atoms with Gasteiger partial charge in [0.05, 0.1) is 0 Å². The molecule has 0 aliphatic heterocycles. The smallest absolute Gasteiger partial charge is 0.264 e. The monoisotopic (exact) mass is 513 g/mol. The first kappa shape index (κ1) is 26.7. The van der Waals surface area contributed by atoms with Crippen LogP contribution in [0, 0.1) is 0 Å². The van der Waals surface area contributed by atoms with Crippen LogP contribution in [0.2, 0.25) is 0 Å². The standard InChI is InChI=1S/C32H36NO3P/c34-32(28-15-14-22-33-27-28)36-25-24-35-23-12-1-2-13-26-37(29-16-6-3-7-17-29,30-18-8-4-9-19-30)31-20-10-5-11-21-31/h3-11,14-22,27,37H,1-2,12-13,23-26H2. The molecule has 4 aromatic rings. The quantitative estimate of drug-likeness (QED) is 0.126. The van der Waals surface area contributed by atoms with Gasteiger partial charge < -0.3 is 0 Å². The Morgan fingerprint density at radius 2 is 1.19 bits per heavy atom. The molecule has 0 amide bonds. The van der Waals surface area contributed by atoms with E-state index in [9.17, 15) is 4.79 Å². The SMILES string of the molecule is O=C(OCCOCCCCCC[PH](c1ccccc1)(c1ccccc1)c1ccccc1)c1cccnc1. The third kappa shape index (κ3) is 7.35. The van der Waals surface area contributed by atoms with Gasteiger partial charge in [0.25, 0.3) is 0 Å². The number of pyridine rings is 1. The molecule has 0 aliphatic rings. The summed E-state index contributed by atoms with van der Waals surface area (Å²) in [4.78, 5) is 15.9. The number of ether oxygens (including phenoxy) is 2. The van der Waals surface area contributed by atoms with E-state index >= 15 is 0 Å². The van der Waals surface area contributed by atoms with Gasteiger partial charge in [-0.05, 0) is 12.1 Å². The van der Waals surface area contributed by atoms with Gasteiger partial charge in [0.15, 0.2) is 0 Å². The Labute approximate surface area is 221 Å². The molecule has 0 radical (unpaired) electrons. The summed E-state index contributed by atoms with van der Waals surface area (Å²) in [6.45, 7) is 1.36. The van der Waals surface area contributed by atoms with E-state index in [1.807, 2.05) is 0 Å². The Morgan fingerprint density at radius 1 is 0.622 bits per heavy atom. The third-order valence-corrected chi connectivity index (χ3v) is 11.8. The summed E-state index contributed by atoms with van der Waals surface area (Å²) >= 11 is 0. The second-order valence-corrected chi connectivity index (χ2v) is 13.2. The number of hydrogen-bond acceptors (Lipinski definition) is 4. The number of carbonyl (C=O) groups is 1. The molecular weight excluding hydrogens is 477 g/mol. The summed E-state index contributed by atoms with van der Waals surface area (Å²) in [7, 11) is -2.13. The van der Waals surface area contributed by atoms with Crippen LogP contribution in [0.3, 0.4) is 0 Å². The number of esters is 1. The summed E-state index contributed by atoms with van der Waals surface area (Å²) in [5.41, 5.74) is 0.462. The fourth-order valence-corrected chi connectivity index (χ4v) is 9.84. The fourth-order valence-electron chi connectivity index (χ4n) is 4.91. The van der Waals surface area contributed by atoms with Gasteiger partial charge in [-0.2, -0.15) is 0 Å². The van der Waals surface area contributed by atoms with Gasteiger partial charge in [0.2, 0.25) is 0 Å². The Morgan fingerprint density at radius 3 is 1.73 bits per heavy atom. The second-order valence-electron chi connectivity index (χ2n) is 9.16. The van der Waals surface area contributed by atoms with Crippen LogP contribution in [0.4, 0.5) is 0 Å². The van der Waals surface area contributed by atoms with Gasteiger partial charge in [-0.1, -0.05) is 0 Å². The van der Waals surface area contributed by atoms with Crippen molar-refractivity contribution in [3.05, 3.63) is 121 Å². The van der Waals surface area contributed by atoms with Crippen molar-refractivity contribution >= 4 is 29.1 Å². The van der Waals surface area contributed by atoms with Gasteiger partial charge in [0, 0.05) is 12.4 Å². The van der Waals surface area contributed by atoms with Crippen LogP contribution in [-0.2, 0) is 9.47 Å². The number of hydrogen-bond donors (Lipinski definition) is 0. The fraction of sp³-hybridized carbons (Fsp3) is 0.250. The minimum Gasteiger partial charge on any atom is -0.264 e. The van der Waals surface area contributed by atoms with E-state index in [-0.39, 0.29) is 12.6 Å². The maximum atomic E-state index is 11.9. The van der Waals surface area contributed by atoms with Crippen molar-refractivity contribution in [2.75, 3.05) is 26.0 Å².